The second kappa shape index (κ2) is 10.8. The number of hydrogen-bond donors (Lipinski definition) is 1. The molecular formula is C23H25NO6. The molecule has 0 aliphatic rings. The number of carbonyl (C=O) groups is 3. The molecule has 1 atom stereocenters. The normalized spacial score (nSPS) is 11.6. The van der Waals surface area contributed by atoms with Crippen molar-refractivity contribution in [3.05, 3.63) is 59.7 Å². The Morgan fingerprint density at radius 1 is 1.10 bits per heavy atom. The average Bonchev–Trinajstić information content (AvgIpc) is 2.73. The summed E-state index contributed by atoms with van der Waals surface area (Å²) in [7, 11) is 1.51. The van der Waals surface area contributed by atoms with Crippen molar-refractivity contribution in [3.63, 3.8) is 0 Å². The van der Waals surface area contributed by atoms with E-state index in [1.54, 1.807) is 36.4 Å². The van der Waals surface area contributed by atoms with Gasteiger partial charge in [-0.05, 0) is 50.6 Å². The maximum Gasteiger partial charge on any atom is 0.344 e. The first-order chi connectivity index (χ1) is 14.3. The number of benzene rings is 2. The number of hydrogen-bond acceptors (Lipinski definition) is 6. The van der Waals surface area contributed by atoms with E-state index >= 15 is 0 Å². The van der Waals surface area contributed by atoms with Crippen LogP contribution in [-0.2, 0) is 14.3 Å². The van der Waals surface area contributed by atoms with E-state index in [0.717, 1.165) is 5.56 Å². The highest BCUT2D eigenvalue weighted by Gasteiger charge is 2.19. The molecule has 0 unspecified atom stereocenters. The van der Waals surface area contributed by atoms with Crippen LogP contribution < -0.4 is 14.8 Å². The van der Waals surface area contributed by atoms with Gasteiger partial charge in [0.05, 0.1) is 7.11 Å². The molecule has 7 nitrogen and oxygen atoms in total. The number of nitrogens with one attached hydrogen (secondary N) is 1. The number of allylic oxidation sites excluding steroid dienone is 1. The highest BCUT2D eigenvalue weighted by molar-refractivity contribution is 5.98. The lowest BCUT2D eigenvalue weighted by atomic mass is 10.1. The van der Waals surface area contributed by atoms with Crippen LogP contribution in [0.15, 0.2) is 48.5 Å². The first-order valence-electron chi connectivity index (χ1n) is 9.39. The van der Waals surface area contributed by atoms with Gasteiger partial charge in [0.25, 0.3) is 5.91 Å². The van der Waals surface area contributed by atoms with Crippen LogP contribution in [-0.4, -0.2) is 37.5 Å². The summed E-state index contributed by atoms with van der Waals surface area (Å²) in [6, 6.07) is 11.8. The number of esters is 1. The van der Waals surface area contributed by atoms with Gasteiger partial charge in [-0.1, -0.05) is 30.4 Å². The van der Waals surface area contributed by atoms with Crippen LogP contribution in [0.5, 0.6) is 11.5 Å². The van der Waals surface area contributed by atoms with Crippen LogP contribution >= 0.6 is 0 Å². The first-order valence-corrected chi connectivity index (χ1v) is 9.39. The highest BCUT2D eigenvalue weighted by atomic mass is 16.6. The molecule has 2 aromatic carbocycles. The molecule has 0 saturated carbocycles. The van der Waals surface area contributed by atoms with Gasteiger partial charge in [-0.3, -0.25) is 9.59 Å². The van der Waals surface area contributed by atoms with Crippen LogP contribution in [0.4, 0.5) is 5.69 Å². The number of ketones is 1. The molecule has 7 heteroatoms. The molecule has 1 N–H and O–H groups in total. The van der Waals surface area contributed by atoms with Gasteiger partial charge in [0.1, 0.15) is 0 Å². The molecule has 1 amide bonds. The third-order valence-electron chi connectivity index (χ3n) is 4.11. The Labute approximate surface area is 175 Å². The Morgan fingerprint density at radius 2 is 1.87 bits per heavy atom. The molecule has 0 radical (unpaired) electrons. The third kappa shape index (κ3) is 6.48. The van der Waals surface area contributed by atoms with Crippen LogP contribution in [0.2, 0.25) is 0 Å². The molecular weight excluding hydrogens is 386 g/mol. The first kappa shape index (κ1) is 22.7. The zero-order valence-corrected chi connectivity index (χ0v) is 17.4. The molecule has 30 heavy (non-hydrogen) atoms. The quantitative estimate of drug-likeness (QED) is 0.497. The highest BCUT2D eigenvalue weighted by Crippen LogP contribution is 2.28. The minimum Gasteiger partial charge on any atom is -0.493 e. The molecule has 0 fully saturated rings. The number of rotatable bonds is 9. The molecule has 0 saturated heterocycles. The molecule has 2 aromatic rings. The lowest BCUT2D eigenvalue weighted by molar-refractivity contribution is -0.155. The number of carbonyl (C=O) groups excluding carboxylic acids is 3. The Bertz CT molecular complexity index is 950. The van der Waals surface area contributed by atoms with Crippen LogP contribution in [0.25, 0.3) is 6.08 Å². The van der Waals surface area contributed by atoms with E-state index in [-0.39, 0.29) is 12.4 Å². The Morgan fingerprint density at radius 3 is 2.53 bits per heavy atom. The summed E-state index contributed by atoms with van der Waals surface area (Å²) in [6.45, 7) is 4.42. The van der Waals surface area contributed by atoms with Gasteiger partial charge < -0.3 is 19.5 Å². The van der Waals surface area contributed by atoms with Gasteiger partial charge in [-0.15, -0.1) is 0 Å². The second-order valence-corrected chi connectivity index (χ2v) is 6.46. The van der Waals surface area contributed by atoms with Crippen molar-refractivity contribution in [1.82, 2.24) is 0 Å². The lowest BCUT2D eigenvalue weighted by Gasteiger charge is -2.15. The van der Waals surface area contributed by atoms with E-state index < -0.39 is 18.0 Å². The third-order valence-corrected chi connectivity index (χ3v) is 4.11. The van der Waals surface area contributed by atoms with Crippen molar-refractivity contribution in [3.8, 4) is 11.5 Å². The SMILES string of the molecule is C/C=C/c1ccc(OCC(=O)O[C@@H](C)C(=O)Nc2cccc(C(C)=O)c2)c(OC)c1. The van der Waals surface area contributed by atoms with Gasteiger partial charge in [0.15, 0.2) is 30.0 Å². The van der Waals surface area contributed by atoms with E-state index in [1.807, 2.05) is 25.1 Å². The second-order valence-electron chi connectivity index (χ2n) is 6.46. The van der Waals surface area contributed by atoms with Crippen molar-refractivity contribution >= 4 is 29.4 Å². The Kier molecular flexibility index (Phi) is 8.17. The predicted molar refractivity (Wildman–Crippen MR) is 114 cm³/mol. The van der Waals surface area contributed by atoms with Crippen LogP contribution in [0, 0.1) is 0 Å². The molecule has 0 aliphatic carbocycles. The predicted octanol–water partition coefficient (Wildman–Crippen LogP) is 3.88. The van der Waals surface area contributed by atoms with Crippen LogP contribution in [0.3, 0.4) is 0 Å². The van der Waals surface area contributed by atoms with E-state index in [4.69, 9.17) is 14.2 Å². The van der Waals surface area contributed by atoms with Gasteiger partial charge in [0, 0.05) is 11.3 Å². The van der Waals surface area contributed by atoms with E-state index in [2.05, 4.69) is 5.32 Å². The van der Waals surface area contributed by atoms with Crippen molar-refractivity contribution in [1.29, 1.82) is 0 Å². The summed E-state index contributed by atoms with van der Waals surface area (Å²) in [4.78, 5) is 35.8. The number of Topliss-reactive ketones (excluding diaryl/α,β-unsaturated/α-hetero) is 1. The van der Waals surface area contributed by atoms with Crippen molar-refractivity contribution in [2.45, 2.75) is 26.9 Å². The van der Waals surface area contributed by atoms with Crippen molar-refractivity contribution < 1.29 is 28.6 Å². The van der Waals surface area contributed by atoms with Gasteiger partial charge in [-0.25, -0.2) is 4.79 Å². The van der Waals surface area contributed by atoms with Crippen LogP contribution in [0.1, 0.15) is 36.7 Å². The van der Waals surface area contributed by atoms with Crippen molar-refractivity contribution in [2.24, 2.45) is 0 Å². The fourth-order valence-corrected chi connectivity index (χ4v) is 2.58. The summed E-state index contributed by atoms with van der Waals surface area (Å²) >= 11 is 0. The maximum atomic E-state index is 12.3. The summed E-state index contributed by atoms with van der Waals surface area (Å²) < 4.78 is 15.9. The summed E-state index contributed by atoms with van der Waals surface area (Å²) in [5.41, 5.74) is 1.85. The standard InChI is InChI=1S/C23H25NO6/c1-5-7-17-10-11-20(21(12-17)28-4)29-14-22(26)30-16(3)23(27)24-19-9-6-8-18(13-19)15(2)25/h5-13,16H,14H2,1-4H3,(H,24,27)/b7-5+/t16-/m0/s1. The maximum absolute atomic E-state index is 12.3. The summed E-state index contributed by atoms with van der Waals surface area (Å²) in [6.07, 6.45) is 2.77. The minimum atomic E-state index is -1.04. The number of amides is 1. The zero-order valence-electron chi connectivity index (χ0n) is 17.4. The van der Waals surface area contributed by atoms with E-state index in [1.165, 1.54) is 21.0 Å². The average molecular weight is 411 g/mol. The molecule has 0 heterocycles. The van der Waals surface area contributed by atoms with Gasteiger partial charge in [0.2, 0.25) is 0 Å². The molecule has 158 valence electrons. The van der Waals surface area contributed by atoms with E-state index in [0.29, 0.717) is 22.7 Å². The number of methoxy groups -OCH3 is 1. The fraction of sp³-hybridized carbons (Fsp3) is 0.261. The number of anilines is 1. The molecule has 0 aromatic heterocycles. The summed E-state index contributed by atoms with van der Waals surface area (Å²) in [5.74, 6) is -0.459. The Hall–Kier alpha value is -3.61. The topological polar surface area (TPSA) is 90.9 Å². The monoisotopic (exact) mass is 411 g/mol. The van der Waals surface area contributed by atoms with E-state index in [9.17, 15) is 14.4 Å². The number of ether oxygens (including phenoxy) is 3. The molecule has 0 bridgehead atoms. The minimum absolute atomic E-state index is 0.114. The van der Waals surface area contributed by atoms with Gasteiger partial charge >= 0.3 is 5.97 Å². The van der Waals surface area contributed by atoms with Crippen molar-refractivity contribution in [2.75, 3.05) is 19.0 Å². The molecule has 0 spiro atoms. The summed E-state index contributed by atoms with van der Waals surface area (Å²) in [5, 5.41) is 2.62. The largest absolute Gasteiger partial charge is 0.493 e. The molecule has 0 aliphatic heterocycles. The smallest absolute Gasteiger partial charge is 0.344 e. The Balaban J connectivity index is 1.90. The zero-order chi connectivity index (χ0) is 22.1. The fourth-order valence-electron chi connectivity index (χ4n) is 2.58. The molecule has 2 rings (SSSR count). The lowest BCUT2D eigenvalue weighted by Crippen LogP contribution is -2.31. The van der Waals surface area contributed by atoms with Gasteiger partial charge in [-0.2, -0.15) is 0 Å².